The Labute approximate surface area is 785 Å². The standard InChI is InChI=1S/C19H22F2N4O2.C18H20F2N4O2.C16H16F2N4O2.C10H6F2N2O.C9H18N2O2.C6H5BF2O2.C4H3ClN2O.C4H7ClO2.Na/c1-19(2,3)27-18(26)25-9-7-24(8-10-25)16-11-13(12-22-23-16)17-14(20)5-4-6-15(17)21;1-2-26-17(25)12-23-6-8-24(9-7-23)16-10-13(11-21-22-16)18-14(19)4-3-5-15(18)20;17-12-2-1-3-13(18)16(12)11-8-14(20-19-9-11)22-6-4-21(5-7-22)10-15(23)24;11-7-2-1-3-8(12)10(7)6-4-9(15)14-13-5-6;1-9(2,3)13-8(12)11-6-4-10-5-7-11;8-4-2-1-3-5(9)6(4)7(10)11;5-3-1-4(8)7-6-2-3;1-2-7-4(6)3-5;/h4-6,11-12H,7-10H2,1-3H3;3-5,10-11H,2,6-9,12H2,1H3;1-3,8-9H,4-7,10H2,(H,23,24);1-5H,(H,14,15);10H,4-7H2,1-3H3;1-3,10-11H;1-2H,(H,7,8);2-3H2,1H3;/q;;;;;;;;+1/p-1. The van der Waals surface area contributed by atoms with E-state index in [9.17, 15) is 82.6 Å². The van der Waals surface area contributed by atoms with E-state index in [1.165, 1.54) is 97.7 Å². The number of esters is 2. The van der Waals surface area contributed by atoms with Crippen LogP contribution in [-0.4, -0.2) is 266 Å². The second kappa shape index (κ2) is 54.3. The van der Waals surface area contributed by atoms with E-state index in [4.69, 9.17) is 47.5 Å². The first-order valence-electron chi connectivity index (χ1n) is 40.5. The summed E-state index contributed by atoms with van der Waals surface area (Å²) in [6, 6.07) is 24.9. The number of carbonyl (C=O) groups excluding carboxylic acids is 5. The summed E-state index contributed by atoms with van der Waals surface area (Å²) in [5.74, 6) is -7.43. The number of piperazine rings is 4. The summed E-state index contributed by atoms with van der Waals surface area (Å²) in [5, 5.41) is 66.1. The molecule has 4 saturated heterocycles. The van der Waals surface area contributed by atoms with Gasteiger partial charge >= 0.3 is 60.8 Å². The van der Waals surface area contributed by atoms with Crippen LogP contribution in [0.5, 0.6) is 0 Å². The van der Waals surface area contributed by atoms with Gasteiger partial charge in [0.15, 0.2) is 17.5 Å². The maximum atomic E-state index is 14.0. The number of carbonyl (C=O) groups is 5. The number of rotatable bonds is 15. The van der Waals surface area contributed by atoms with Crippen molar-refractivity contribution in [3.05, 3.63) is 236 Å². The minimum atomic E-state index is -2.10. The molecule has 0 radical (unpaired) electrons. The van der Waals surface area contributed by atoms with Gasteiger partial charge in [-0.15, -0.1) is 26.9 Å². The Kier molecular flexibility index (Phi) is 44.8. The molecule has 0 aliphatic carbocycles. The molecule has 2 amide bonds. The third-order valence-electron chi connectivity index (χ3n) is 18.3. The molecule has 0 spiro atoms. The number of hydrogen-bond donors (Lipinski definition) is 5. The zero-order chi connectivity index (χ0) is 96.1. The summed E-state index contributed by atoms with van der Waals surface area (Å²) in [6.45, 7) is 25.5. The van der Waals surface area contributed by atoms with E-state index in [-0.39, 0.29) is 112 Å². The van der Waals surface area contributed by atoms with Crippen LogP contribution in [-0.2, 0) is 33.3 Å². The van der Waals surface area contributed by atoms with Gasteiger partial charge in [-0.1, -0.05) is 41.9 Å². The zero-order valence-corrected chi connectivity index (χ0v) is 76.9. The number of aliphatic carboxylic acids is 1. The van der Waals surface area contributed by atoms with E-state index in [0.717, 1.165) is 62.6 Å². The van der Waals surface area contributed by atoms with E-state index in [1.807, 2.05) is 61.1 Å². The van der Waals surface area contributed by atoms with Crippen LogP contribution in [0.4, 0.5) is 70.9 Å². The molecule has 132 heavy (non-hydrogen) atoms. The number of nitrogens with zero attached hydrogens (tertiary/aromatic N) is 15. The molecule has 4 aliphatic rings. The summed E-state index contributed by atoms with van der Waals surface area (Å²) >= 11 is 10.4. The number of benzene rings is 5. The average molecular weight is 1900 g/mol. The minimum Gasteiger partial charge on any atom is -0.549 e. The van der Waals surface area contributed by atoms with Gasteiger partial charge in [0.1, 0.15) is 75.3 Å². The molecule has 14 rings (SSSR count). The molecule has 5 aromatic heterocycles. The Hall–Kier alpha value is -11.8. The van der Waals surface area contributed by atoms with Crippen LogP contribution in [0.2, 0.25) is 5.02 Å². The number of alkyl halides is 1. The van der Waals surface area contributed by atoms with Crippen LogP contribution in [0.3, 0.4) is 0 Å². The smallest absolute Gasteiger partial charge is 0.549 e. The molecule has 9 heterocycles. The largest absolute Gasteiger partial charge is 1.00 e. The number of anilines is 3. The monoisotopic (exact) mass is 1900 g/mol. The number of hydrogen-bond acceptors (Lipinski definition) is 28. The van der Waals surface area contributed by atoms with Crippen LogP contribution in [0.25, 0.3) is 44.5 Å². The van der Waals surface area contributed by atoms with Crippen molar-refractivity contribution >= 4 is 83.3 Å². The molecule has 702 valence electrons. The number of amides is 2. The van der Waals surface area contributed by atoms with Crippen LogP contribution >= 0.6 is 23.2 Å². The topological polar surface area (TPSA) is 389 Å². The van der Waals surface area contributed by atoms with Crippen molar-refractivity contribution in [2.24, 2.45) is 0 Å². The number of ether oxygens (including phenoxy) is 4. The number of H-pyrrole nitrogens is 2. The number of carboxylic acid groups (broad SMARTS) is 1. The zero-order valence-electron chi connectivity index (χ0n) is 73.4. The average Bonchev–Trinajstić information content (AvgIpc) is 0.821. The Morgan fingerprint density at radius 1 is 0.439 bits per heavy atom. The van der Waals surface area contributed by atoms with Crippen molar-refractivity contribution in [2.75, 3.05) is 152 Å². The maximum absolute atomic E-state index is 14.0. The van der Waals surface area contributed by atoms with Crippen LogP contribution in [0, 0.1) is 58.2 Å². The third kappa shape index (κ3) is 36.1. The van der Waals surface area contributed by atoms with E-state index in [2.05, 4.69) is 61.0 Å². The van der Waals surface area contributed by atoms with Gasteiger partial charge in [0.05, 0.1) is 89.5 Å². The first kappa shape index (κ1) is 109. The van der Waals surface area contributed by atoms with Gasteiger partial charge in [-0.3, -0.25) is 29.0 Å². The molecule has 0 unspecified atom stereocenters. The second-order valence-electron chi connectivity index (χ2n) is 30.2. The van der Waals surface area contributed by atoms with E-state index < -0.39 is 87.9 Å². The SMILES string of the molecule is CC(C)(C)OC(=O)N1CCN(c2cc(-c3c(F)cccc3F)cnn2)CC1.CC(C)(C)OC(=O)N1CCNCC1.CCOC(=O)CCl.CCOC(=O)CN1CCN(c2cc(-c3c(F)cccc3F)cnn2)CC1.O=C([O-])CN1CCN(c2cc(-c3c(F)cccc3F)cnn2)CC1.O=c1cc(-c2c(F)cccc2F)cn[nH]1.O=c1cc(Cl)cn[nH]1.OB(O)c1c(F)cccc1F.[Na+]. The normalized spacial score (nSPS) is 13.7. The van der Waals surface area contributed by atoms with Crippen molar-refractivity contribution in [3.63, 3.8) is 0 Å². The van der Waals surface area contributed by atoms with E-state index in [0.29, 0.717) is 131 Å². The van der Waals surface area contributed by atoms with Crippen LogP contribution in [0.15, 0.2) is 162 Å². The van der Waals surface area contributed by atoms with Crippen LogP contribution < -0.4 is 71.3 Å². The van der Waals surface area contributed by atoms with Gasteiger partial charge < -0.3 is 68.7 Å². The summed E-state index contributed by atoms with van der Waals surface area (Å²) in [7, 11) is -2.10. The van der Waals surface area contributed by atoms with Gasteiger partial charge in [-0.25, -0.2) is 63.7 Å². The number of aromatic amines is 2. The molecule has 5 aromatic carbocycles. The van der Waals surface area contributed by atoms with Crippen molar-refractivity contribution in [3.8, 4) is 44.5 Å². The Balaban J connectivity index is 0.000000241. The number of nitrogens with one attached hydrogen (secondary N) is 3. The fraction of sp³-hybridized carbons (Fsp3) is 0.360. The predicted octanol–water partition coefficient (Wildman–Crippen LogP) is 6.28. The molecular formula is C86H96BCl2F10N18NaO14. The van der Waals surface area contributed by atoms with Gasteiger partial charge in [0.2, 0.25) is 0 Å². The van der Waals surface area contributed by atoms with Gasteiger partial charge in [0.25, 0.3) is 11.1 Å². The van der Waals surface area contributed by atoms with E-state index >= 15 is 0 Å². The molecule has 46 heteroatoms. The predicted molar refractivity (Wildman–Crippen MR) is 465 cm³/mol. The molecule has 0 atom stereocenters. The van der Waals surface area contributed by atoms with Crippen molar-refractivity contribution in [1.29, 1.82) is 0 Å². The fourth-order valence-electron chi connectivity index (χ4n) is 12.3. The number of aromatic nitrogens is 10. The van der Waals surface area contributed by atoms with Crippen molar-refractivity contribution in [1.82, 2.24) is 75.9 Å². The second-order valence-corrected chi connectivity index (χ2v) is 30.9. The van der Waals surface area contributed by atoms with Crippen LogP contribution in [0.1, 0.15) is 55.4 Å². The third-order valence-corrected chi connectivity index (χ3v) is 18.8. The quantitative estimate of drug-likeness (QED) is 0.0248. The molecule has 5 N–H and O–H groups in total. The molecule has 10 aromatic rings. The first-order chi connectivity index (χ1) is 62.3. The number of halogens is 12. The first-order valence-corrected chi connectivity index (χ1v) is 41.4. The Morgan fingerprint density at radius 2 is 0.750 bits per heavy atom. The molecule has 32 nitrogen and oxygen atoms in total. The summed E-state index contributed by atoms with van der Waals surface area (Å²) in [6.07, 6.45) is 6.01. The molecule has 4 fully saturated rings. The minimum absolute atomic E-state index is 0. The van der Waals surface area contributed by atoms with Crippen molar-refractivity contribution in [2.45, 2.75) is 66.6 Å². The fourth-order valence-corrected chi connectivity index (χ4v) is 12.5. The summed E-state index contributed by atoms with van der Waals surface area (Å²) < 4.78 is 156. The molecule has 0 saturated carbocycles. The van der Waals surface area contributed by atoms with Gasteiger partial charge in [0, 0.05) is 146 Å². The molecular weight excluding hydrogens is 1800 g/mol. The Bertz CT molecular complexity index is 5430. The van der Waals surface area contributed by atoms with Gasteiger partial charge in [-0.05, 0) is 134 Å². The van der Waals surface area contributed by atoms with Gasteiger partial charge in [-0.2, -0.15) is 25.5 Å². The molecule has 0 bridgehead atoms. The maximum Gasteiger partial charge on any atom is 1.00 e. The number of carboxylic acids is 1. The summed E-state index contributed by atoms with van der Waals surface area (Å²) in [5.41, 5.74) is -1.93. The molecule has 4 aliphatic heterocycles. The summed E-state index contributed by atoms with van der Waals surface area (Å²) in [4.78, 5) is 90.0. The van der Waals surface area contributed by atoms with E-state index in [1.54, 1.807) is 46.7 Å². The Morgan fingerprint density at radius 3 is 1.04 bits per heavy atom. The van der Waals surface area contributed by atoms with Crippen molar-refractivity contribution < 1.29 is 132 Å².